The van der Waals surface area contributed by atoms with E-state index in [0.29, 0.717) is 6.42 Å². The summed E-state index contributed by atoms with van der Waals surface area (Å²) in [5.41, 5.74) is 0. The summed E-state index contributed by atoms with van der Waals surface area (Å²) in [5, 5.41) is 32.9. The average molecular weight is 660 g/mol. The molecule has 0 saturated carbocycles. The number of hydrogen-bond acceptors (Lipinski definition) is 4. The third kappa shape index (κ3) is 32.6. The first-order valence-corrected chi connectivity index (χ1v) is 20.0. The van der Waals surface area contributed by atoms with Crippen molar-refractivity contribution in [1.82, 2.24) is 5.32 Å². The molecule has 3 atom stereocenters. The van der Waals surface area contributed by atoms with E-state index < -0.39 is 24.2 Å². The number of aliphatic hydroxyl groups is 3. The fraction of sp³-hybridized carbons (Fsp3) is 0.786. The van der Waals surface area contributed by atoms with E-state index in [2.05, 4.69) is 55.6 Å². The van der Waals surface area contributed by atoms with Gasteiger partial charge < -0.3 is 20.6 Å². The van der Waals surface area contributed by atoms with Crippen LogP contribution in [-0.2, 0) is 4.79 Å². The van der Waals surface area contributed by atoms with Crippen molar-refractivity contribution in [2.24, 2.45) is 0 Å². The summed E-state index contributed by atoms with van der Waals surface area (Å²) in [7, 11) is 0. The van der Waals surface area contributed by atoms with Crippen LogP contribution in [0.3, 0.4) is 0 Å². The van der Waals surface area contributed by atoms with Crippen LogP contribution in [0.5, 0.6) is 0 Å². The molecule has 0 aromatic rings. The predicted octanol–water partition coefficient (Wildman–Crippen LogP) is 11.0. The second kappa shape index (κ2) is 37.1. The molecule has 1 amide bonds. The number of amides is 1. The standard InChI is InChI=1S/C42H77NO4/c1-3-5-7-9-11-13-15-16-17-18-19-20-21-22-23-24-25-26-27-29-30-32-34-36-40(45)39(38-44)43-42(47)41(46)37-35-33-31-28-14-12-10-8-6-4-2/h10,12,23-24,27,29,34,36,39-41,44-46H,3-9,11,13-22,25-26,28,30-33,35,37-38H2,1-2H3,(H,43,47)/b12-10-,24-23+,29-27+,36-34+. The van der Waals surface area contributed by atoms with Gasteiger partial charge in [-0.2, -0.15) is 0 Å². The van der Waals surface area contributed by atoms with Gasteiger partial charge in [0.25, 0.3) is 0 Å². The molecule has 0 saturated heterocycles. The van der Waals surface area contributed by atoms with Gasteiger partial charge in [0.1, 0.15) is 6.10 Å². The monoisotopic (exact) mass is 660 g/mol. The number of hydrogen-bond donors (Lipinski definition) is 4. The van der Waals surface area contributed by atoms with Crippen LogP contribution in [-0.4, -0.2) is 46.1 Å². The molecule has 0 fully saturated rings. The maximum absolute atomic E-state index is 12.4. The summed E-state index contributed by atoms with van der Waals surface area (Å²) in [4.78, 5) is 12.4. The van der Waals surface area contributed by atoms with Gasteiger partial charge in [0.05, 0.1) is 18.8 Å². The lowest BCUT2D eigenvalue weighted by molar-refractivity contribution is -0.131. The molecule has 5 nitrogen and oxygen atoms in total. The molecule has 3 unspecified atom stereocenters. The highest BCUT2D eigenvalue weighted by atomic mass is 16.3. The molecule has 0 rings (SSSR count). The zero-order valence-electron chi connectivity index (χ0n) is 30.9. The van der Waals surface area contributed by atoms with Gasteiger partial charge in [-0.1, -0.05) is 172 Å². The molecule has 0 aromatic carbocycles. The first-order valence-electron chi connectivity index (χ1n) is 20.0. The SMILES string of the molecule is CCCC/C=C\CCCCCCC(O)C(=O)NC(CO)C(O)/C=C/CC/C=C/CC/C=C/CCCCCCCCCCCCCCC. The van der Waals surface area contributed by atoms with Crippen molar-refractivity contribution in [3.8, 4) is 0 Å². The van der Waals surface area contributed by atoms with Crippen molar-refractivity contribution < 1.29 is 20.1 Å². The number of allylic oxidation sites excluding steroid dienone is 7. The maximum atomic E-state index is 12.4. The van der Waals surface area contributed by atoms with Crippen LogP contribution >= 0.6 is 0 Å². The average Bonchev–Trinajstić information content (AvgIpc) is 3.07. The molecule has 0 aliphatic heterocycles. The second-order valence-corrected chi connectivity index (χ2v) is 13.5. The van der Waals surface area contributed by atoms with Crippen molar-refractivity contribution >= 4 is 5.91 Å². The van der Waals surface area contributed by atoms with E-state index in [-0.39, 0.29) is 6.61 Å². The van der Waals surface area contributed by atoms with E-state index in [1.165, 1.54) is 103 Å². The van der Waals surface area contributed by atoms with Gasteiger partial charge in [-0.15, -0.1) is 0 Å². The van der Waals surface area contributed by atoms with E-state index in [1.54, 1.807) is 6.08 Å². The van der Waals surface area contributed by atoms with E-state index in [1.807, 2.05) is 6.08 Å². The summed E-state index contributed by atoms with van der Waals surface area (Å²) in [6, 6.07) is -0.824. The first-order chi connectivity index (χ1) is 23.1. The number of aliphatic hydroxyl groups excluding tert-OH is 3. The van der Waals surface area contributed by atoms with E-state index >= 15 is 0 Å². The first kappa shape index (κ1) is 45.3. The number of rotatable bonds is 35. The Morgan fingerprint density at radius 1 is 0.511 bits per heavy atom. The minimum absolute atomic E-state index is 0.386. The Labute approximate surface area is 291 Å². The molecule has 47 heavy (non-hydrogen) atoms. The van der Waals surface area contributed by atoms with Crippen LogP contribution in [0.25, 0.3) is 0 Å². The molecule has 4 N–H and O–H groups in total. The number of carbonyl (C=O) groups excluding carboxylic acids is 1. The van der Waals surface area contributed by atoms with Gasteiger partial charge in [-0.05, 0) is 64.2 Å². The van der Waals surface area contributed by atoms with E-state index in [9.17, 15) is 20.1 Å². The topological polar surface area (TPSA) is 89.8 Å². The third-order valence-electron chi connectivity index (χ3n) is 8.87. The molecule has 5 heteroatoms. The van der Waals surface area contributed by atoms with Gasteiger partial charge in [0, 0.05) is 0 Å². The van der Waals surface area contributed by atoms with Gasteiger partial charge in [-0.3, -0.25) is 4.79 Å². The van der Waals surface area contributed by atoms with Crippen LogP contribution in [0.2, 0.25) is 0 Å². The maximum Gasteiger partial charge on any atom is 0.249 e. The second-order valence-electron chi connectivity index (χ2n) is 13.5. The van der Waals surface area contributed by atoms with Crippen molar-refractivity contribution in [2.45, 2.75) is 205 Å². The Morgan fingerprint density at radius 3 is 1.36 bits per heavy atom. The minimum Gasteiger partial charge on any atom is -0.394 e. The Bertz CT molecular complexity index is 775. The van der Waals surface area contributed by atoms with Gasteiger partial charge in [-0.25, -0.2) is 0 Å². The number of carbonyl (C=O) groups is 1. The van der Waals surface area contributed by atoms with Crippen LogP contribution < -0.4 is 5.32 Å². The highest BCUT2D eigenvalue weighted by molar-refractivity contribution is 5.80. The quantitative estimate of drug-likeness (QED) is 0.0402. The van der Waals surface area contributed by atoms with Gasteiger partial charge in [0.15, 0.2) is 0 Å². The summed E-state index contributed by atoms with van der Waals surface area (Å²) < 4.78 is 0. The zero-order chi connectivity index (χ0) is 34.5. The molecule has 0 aromatic heterocycles. The molecule has 0 aliphatic carbocycles. The van der Waals surface area contributed by atoms with Gasteiger partial charge in [0.2, 0.25) is 5.91 Å². The Balaban J connectivity index is 3.77. The van der Waals surface area contributed by atoms with Crippen molar-refractivity contribution in [2.75, 3.05) is 6.61 Å². The Morgan fingerprint density at radius 2 is 0.894 bits per heavy atom. The lowest BCUT2D eigenvalue weighted by Crippen LogP contribution is -2.48. The van der Waals surface area contributed by atoms with E-state index in [4.69, 9.17) is 0 Å². The number of nitrogens with one attached hydrogen (secondary N) is 1. The molecule has 0 aliphatic rings. The highest BCUT2D eigenvalue weighted by Crippen LogP contribution is 2.13. The van der Waals surface area contributed by atoms with Crippen LogP contribution in [0.15, 0.2) is 48.6 Å². The molecule has 0 spiro atoms. The predicted molar refractivity (Wildman–Crippen MR) is 204 cm³/mol. The molecule has 0 bridgehead atoms. The lowest BCUT2D eigenvalue weighted by atomic mass is 10.0. The normalized spacial score (nSPS) is 14.2. The molecule has 0 heterocycles. The zero-order valence-corrected chi connectivity index (χ0v) is 30.9. The fourth-order valence-corrected chi connectivity index (χ4v) is 5.67. The van der Waals surface area contributed by atoms with Crippen molar-refractivity contribution in [3.63, 3.8) is 0 Å². The number of unbranched alkanes of at least 4 members (excludes halogenated alkanes) is 21. The van der Waals surface area contributed by atoms with E-state index in [0.717, 1.165) is 64.2 Å². The fourth-order valence-electron chi connectivity index (χ4n) is 5.67. The minimum atomic E-state index is -1.12. The summed E-state index contributed by atoms with van der Waals surface area (Å²) in [6.45, 7) is 4.10. The smallest absolute Gasteiger partial charge is 0.249 e. The third-order valence-corrected chi connectivity index (χ3v) is 8.87. The Kier molecular flexibility index (Phi) is 35.8. The lowest BCUT2D eigenvalue weighted by Gasteiger charge is -2.21. The Hall–Kier alpha value is -1.69. The molecular weight excluding hydrogens is 582 g/mol. The summed E-state index contributed by atoms with van der Waals surface area (Å²) in [5.74, 6) is -0.531. The largest absolute Gasteiger partial charge is 0.394 e. The van der Waals surface area contributed by atoms with Crippen LogP contribution in [0.4, 0.5) is 0 Å². The van der Waals surface area contributed by atoms with Crippen LogP contribution in [0, 0.1) is 0 Å². The molecule has 274 valence electrons. The summed E-state index contributed by atoms with van der Waals surface area (Å²) >= 11 is 0. The molecular formula is C42H77NO4. The highest BCUT2D eigenvalue weighted by Gasteiger charge is 2.22. The molecule has 0 radical (unpaired) electrons. The van der Waals surface area contributed by atoms with Gasteiger partial charge >= 0.3 is 0 Å². The summed E-state index contributed by atoms with van der Waals surface area (Å²) in [6.07, 6.45) is 47.2. The van der Waals surface area contributed by atoms with Crippen molar-refractivity contribution in [1.29, 1.82) is 0 Å². The van der Waals surface area contributed by atoms with Crippen LogP contribution in [0.1, 0.15) is 187 Å². The van der Waals surface area contributed by atoms with Crippen molar-refractivity contribution in [3.05, 3.63) is 48.6 Å².